The van der Waals surface area contributed by atoms with Crippen molar-refractivity contribution < 1.29 is 4.74 Å². The lowest BCUT2D eigenvalue weighted by molar-refractivity contribution is 0.304. The standard InChI is InChI=1S/C14H26N4O/c1-4-8-19-14-10-16-9-13(17-14)18(7-5-6-15)11-12(2)3/h9-10,12H,4-8,11,15H2,1-3H3. The van der Waals surface area contributed by atoms with Crippen molar-refractivity contribution in [1.82, 2.24) is 9.97 Å². The van der Waals surface area contributed by atoms with E-state index in [0.717, 1.165) is 31.7 Å². The summed E-state index contributed by atoms with van der Waals surface area (Å²) in [6.45, 7) is 9.68. The Morgan fingerprint density at radius 1 is 1.37 bits per heavy atom. The molecule has 5 nitrogen and oxygen atoms in total. The molecule has 0 saturated heterocycles. The van der Waals surface area contributed by atoms with E-state index in [1.807, 2.05) is 0 Å². The molecule has 1 rings (SSSR count). The molecule has 0 bridgehead atoms. The molecule has 5 heteroatoms. The first kappa shape index (κ1) is 15.7. The fourth-order valence-corrected chi connectivity index (χ4v) is 1.79. The first-order chi connectivity index (χ1) is 9.17. The summed E-state index contributed by atoms with van der Waals surface area (Å²) < 4.78 is 5.53. The zero-order valence-electron chi connectivity index (χ0n) is 12.3. The van der Waals surface area contributed by atoms with E-state index in [1.54, 1.807) is 12.4 Å². The summed E-state index contributed by atoms with van der Waals surface area (Å²) in [6.07, 6.45) is 5.37. The summed E-state index contributed by atoms with van der Waals surface area (Å²) in [7, 11) is 0. The zero-order valence-corrected chi connectivity index (χ0v) is 12.3. The van der Waals surface area contributed by atoms with Crippen LogP contribution in [0.25, 0.3) is 0 Å². The molecule has 1 aromatic heterocycles. The zero-order chi connectivity index (χ0) is 14.1. The van der Waals surface area contributed by atoms with Gasteiger partial charge in [-0.1, -0.05) is 20.8 Å². The van der Waals surface area contributed by atoms with E-state index in [2.05, 4.69) is 35.6 Å². The Hall–Kier alpha value is -1.36. The molecular weight excluding hydrogens is 240 g/mol. The number of rotatable bonds is 9. The lowest BCUT2D eigenvalue weighted by Gasteiger charge is -2.25. The predicted octanol–water partition coefficient (Wildman–Crippen LogP) is 2.08. The van der Waals surface area contributed by atoms with E-state index in [1.165, 1.54) is 0 Å². The molecule has 0 aliphatic carbocycles. The van der Waals surface area contributed by atoms with Crippen molar-refractivity contribution in [2.24, 2.45) is 11.7 Å². The second-order valence-electron chi connectivity index (χ2n) is 5.05. The van der Waals surface area contributed by atoms with Crippen LogP contribution in [0.3, 0.4) is 0 Å². The largest absolute Gasteiger partial charge is 0.477 e. The third-order valence-corrected chi connectivity index (χ3v) is 2.60. The van der Waals surface area contributed by atoms with Gasteiger partial charge in [0.2, 0.25) is 5.88 Å². The normalized spacial score (nSPS) is 10.8. The highest BCUT2D eigenvalue weighted by molar-refractivity contribution is 5.37. The van der Waals surface area contributed by atoms with Gasteiger partial charge in [-0.15, -0.1) is 0 Å². The third kappa shape index (κ3) is 5.87. The summed E-state index contributed by atoms with van der Waals surface area (Å²) in [5.41, 5.74) is 5.59. The van der Waals surface area contributed by atoms with Crippen molar-refractivity contribution >= 4 is 5.82 Å². The van der Waals surface area contributed by atoms with Crippen LogP contribution in [0.5, 0.6) is 5.88 Å². The van der Waals surface area contributed by atoms with Crippen molar-refractivity contribution in [3.05, 3.63) is 12.4 Å². The Kier molecular flexibility index (Phi) is 7.18. The number of ether oxygens (including phenoxy) is 1. The van der Waals surface area contributed by atoms with E-state index in [0.29, 0.717) is 24.9 Å². The summed E-state index contributed by atoms with van der Waals surface area (Å²) in [6, 6.07) is 0. The van der Waals surface area contributed by atoms with Gasteiger partial charge in [-0.05, 0) is 25.3 Å². The maximum Gasteiger partial charge on any atom is 0.234 e. The molecule has 1 heterocycles. The monoisotopic (exact) mass is 266 g/mol. The minimum Gasteiger partial charge on any atom is -0.477 e. The predicted molar refractivity (Wildman–Crippen MR) is 78.5 cm³/mol. The molecule has 0 aliphatic rings. The Bertz CT molecular complexity index is 357. The highest BCUT2D eigenvalue weighted by atomic mass is 16.5. The van der Waals surface area contributed by atoms with Gasteiger partial charge in [-0.3, -0.25) is 4.98 Å². The summed E-state index contributed by atoms with van der Waals surface area (Å²) in [4.78, 5) is 11.0. The van der Waals surface area contributed by atoms with Crippen LogP contribution in [-0.4, -0.2) is 36.2 Å². The Balaban J connectivity index is 2.75. The molecule has 0 radical (unpaired) electrons. The van der Waals surface area contributed by atoms with Gasteiger partial charge >= 0.3 is 0 Å². The van der Waals surface area contributed by atoms with E-state index < -0.39 is 0 Å². The van der Waals surface area contributed by atoms with Crippen LogP contribution in [0, 0.1) is 5.92 Å². The van der Waals surface area contributed by atoms with Gasteiger partial charge in [-0.2, -0.15) is 4.98 Å². The van der Waals surface area contributed by atoms with E-state index in [9.17, 15) is 0 Å². The van der Waals surface area contributed by atoms with Crippen LogP contribution in [0.2, 0.25) is 0 Å². The molecule has 0 saturated carbocycles. The number of hydrogen-bond donors (Lipinski definition) is 1. The van der Waals surface area contributed by atoms with Gasteiger partial charge in [0.05, 0.1) is 19.0 Å². The van der Waals surface area contributed by atoms with Crippen LogP contribution < -0.4 is 15.4 Å². The third-order valence-electron chi connectivity index (χ3n) is 2.60. The quantitative estimate of drug-likeness (QED) is 0.741. The van der Waals surface area contributed by atoms with Crippen molar-refractivity contribution in [3.63, 3.8) is 0 Å². The van der Waals surface area contributed by atoms with Crippen molar-refractivity contribution in [3.8, 4) is 5.88 Å². The molecule has 108 valence electrons. The van der Waals surface area contributed by atoms with Crippen molar-refractivity contribution in [2.45, 2.75) is 33.6 Å². The summed E-state index contributed by atoms with van der Waals surface area (Å²) in [5, 5.41) is 0. The van der Waals surface area contributed by atoms with Gasteiger partial charge < -0.3 is 15.4 Å². The molecule has 1 aromatic rings. The van der Waals surface area contributed by atoms with Crippen molar-refractivity contribution in [2.75, 3.05) is 31.1 Å². The Morgan fingerprint density at radius 3 is 2.79 bits per heavy atom. The molecule has 0 spiro atoms. The fraction of sp³-hybridized carbons (Fsp3) is 0.714. The number of nitrogens with two attached hydrogens (primary N) is 1. The first-order valence-electron chi connectivity index (χ1n) is 7.07. The maximum atomic E-state index is 5.59. The topological polar surface area (TPSA) is 64.3 Å². The minimum atomic E-state index is 0.569. The molecule has 0 amide bonds. The Labute approximate surface area is 116 Å². The molecule has 0 aromatic carbocycles. The van der Waals surface area contributed by atoms with Crippen molar-refractivity contribution in [1.29, 1.82) is 0 Å². The van der Waals surface area contributed by atoms with Crippen LogP contribution in [0.1, 0.15) is 33.6 Å². The van der Waals surface area contributed by atoms with Crippen LogP contribution in [0.4, 0.5) is 5.82 Å². The van der Waals surface area contributed by atoms with Gasteiger partial charge in [-0.25, -0.2) is 0 Å². The maximum absolute atomic E-state index is 5.59. The second kappa shape index (κ2) is 8.69. The van der Waals surface area contributed by atoms with Crippen LogP contribution in [-0.2, 0) is 0 Å². The van der Waals surface area contributed by atoms with E-state index in [4.69, 9.17) is 10.5 Å². The molecule has 0 fully saturated rings. The SMILES string of the molecule is CCCOc1cncc(N(CCCN)CC(C)C)n1. The van der Waals surface area contributed by atoms with Crippen LogP contribution >= 0.6 is 0 Å². The van der Waals surface area contributed by atoms with Gasteiger partial charge in [0.15, 0.2) is 5.82 Å². The number of anilines is 1. The highest BCUT2D eigenvalue weighted by Gasteiger charge is 2.11. The minimum absolute atomic E-state index is 0.569. The molecule has 0 aliphatic heterocycles. The number of nitrogens with zero attached hydrogens (tertiary/aromatic N) is 3. The molecule has 0 atom stereocenters. The lowest BCUT2D eigenvalue weighted by atomic mass is 10.2. The smallest absolute Gasteiger partial charge is 0.234 e. The molecular formula is C14H26N4O. The second-order valence-corrected chi connectivity index (χ2v) is 5.05. The lowest BCUT2D eigenvalue weighted by Crippen LogP contribution is -2.30. The summed E-state index contributed by atoms with van der Waals surface area (Å²) in [5.74, 6) is 2.04. The molecule has 2 N–H and O–H groups in total. The number of hydrogen-bond acceptors (Lipinski definition) is 5. The van der Waals surface area contributed by atoms with Gasteiger partial charge in [0.25, 0.3) is 0 Å². The number of aromatic nitrogens is 2. The van der Waals surface area contributed by atoms with Crippen LogP contribution in [0.15, 0.2) is 12.4 Å². The summed E-state index contributed by atoms with van der Waals surface area (Å²) >= 11 is 0. The fourth-order valence-electron chi connectivity index (χ4n) is 1.79. The highest BCUT2D eigenvalue weighted by Crippen LogP contribution is 2.16. The first-order valence-corrected chi connectivity index (χ1v) is 7.07. The molecule has 0 unspecified atom stereocenters. The van der Waals surface area contributed by atoms with Gasteiger partial charge in [0, 0.05) is 13.1 Å². The average Bonchev–Trinajstić information content (AvgIpc) is 2.41. The van der Waals surface area contributed by atoms with Gasteiger partial charge in [0.1, 0.15) is 0 Å². The van der Waals surface area contributed by atoms with E-state index >= 15 is 0 Å². The molecule has 19 heavy (non-hydrogen) atoms. The average molecular weight is 266 g/mol. The Morgan fingerprint density at radius 2 is 2.16 bits per heavy atom. The van der Waals surface area contributed by atoms with E-state index in [-0.39, 0.29) is 0 Å².